The van der Waals surface area contributed by atoms with E-state index in [-0.39, 0.29) is 11.4 Å². The van der Waals surface area contributed by atoms with Gasteiger partial charge in [-0.15, -0.1) is 10.2 Å². The fourth-order valence-corrected chi connectivity index (χ4v) is 1.54. The number of methoxy groups -OCH3 is 2. The van der Waals surface area contributed by atoms with Crippen LogP contribution in [0.15, 0.2) is 18.2 Å². The Hall–Kier alpha value is -2.37. The van der Waals surface area contributed by atoms with Gasteiger partial charge in [-0.1, -0.05) is 0 Å². The van der Waals surface area contributed by atoms with Crippen molar-refractivity contribution in [1.82, 2.24) is 10.2 Å². The normalized spacial score (nSPS) is 10.2. The van der Waals surface area contributed by atoms with Crippen LogP contribution in [-0.2, 0) is 0 Å². The molecule has 88 valence electrons. The molecule has 1 aromatic carbocycles. The van der Waals surface area contributed by atoms with Crippen molar-refractivity contribution in [2.45, 2.75) is 0 Å². The molecule has 0 unspecified atom stereocenters. The largest absolute Gasteiger partial charge is 0.479 e. The molecule has 1 aromatic heterocycles. The summed E-state index contributed by atoms with van der Waals surface area (Å²) in [6.45, 7) is 0. The number of carboxylic acid groups (broad SMARTS) is 1. The van der Waals surface area contributed by atoms with E-state index in [9.17, 15) is 4.79 Å². The van der Waals surface area contributed by atoms with Crippen LogP contribution in [0.2, 0.25) is 0 Å². The standard InChI is InChI=1S/C11H10N2O4/c1-16-9-7-4-3-6(11(14)15)5-8(7)10(17-2)13-12-9/h3-5H,1-2H3,(H,14,15). The van der Waals surface area contributed by atoms with Gasteiger partial charge in [0.15, 0.2) is 0 Å². The predicted molar refractivity (Wildman–Crippen MR) is 59.6 cm³/mol. The molecule has 17 heavy (non-hydrogen) atoms. The Balaban J connectivity index is 2.77. The average molecular weight is 234 g/mol. The van der Waals surface area contributed by atoms with Crippen molar-refractivity contribution in [1.29, 1.82) is 0 Å². The summed E-state index contributed by atoms with van der Waals surface area (Å²) in [5.74, 6) is -0.411. The summed E-state index contributed by atoms with van der Waals surface area (Å²) in [7, 11) is 2.92. The molecule has 0 aliphatic heterocycles. The highest BCUT2D eigenvalue weighted by Crippen LogP contribution is 2.29. The molecular formula is C11H10N2O4. The number of carbonyl (C=O) groups is 1. The van der Waals surface area contributed by atoms with Crippen molar-refractivity contribution in [2.24, 2.45) is 0 Å². The molecule has 0 spiro atoms. The van der Waals surface area contributed by atoms with Gasteiger partial charge in [0.05, 0.1) is 30.6 Å². The molecule has 0 aliphatic carbocycles. The van der Waals surface area contributed by atoms with E-state index in [1.54, 1.807) is 6.07 Å². The number of rotatable bonds is 3. The van der Waals surface area contributed by atoms with Gasteiger partial charge in [-0.05, 0) is 18.2 Å². The third-order valence-corrected chi connectivity index (χ3v) is 2.35. The SMILES string of the molecule is COc1nnc(OC)c2cc(C(=O)O)ccc12. The van der Waals surface area contributed by atoms with Gasteiger partial charge in [0.2, 0.25) is 11.8 Å². The maximum atomic E-state index is 10.9. The van der Waals surface area contributed by atoms with Crippen molar-refractivity contribution >= 4 is 16.7 Å². The number of aromatic carboxylic acids is 1. The van der Waals surface area contributed by atoms with Crippen LogP contribution in [0.25, 0.3) is 10.8 Å². The molecule has 0 saturated heterocycles. The number of benzene rings is 1. The highest BCUT2D eigenvalue weighted by molar-refractivity contribution is 5.97. The monoisotopic (exact) mass is 234 g/mol. The van der Waals surface area contributed by atoms with Crippen molar-refractivity contribution in [3.8, 4) is 11.8 Å². The Labute approximate surface area is 96.8 Å². The molecule has 0 amide bonds. The number of hydrogen-bond acceptors (Lipinski definition) is 5. The number of hydrogen-bond donors (Lipinski definition) is 1. The number of ether oxygens (including phenoxy) is 2. The first-order valence-corrected chi connectivity index (χ1v) is 4.79. The summed E-state index contributed by atoms with van der Waals surface area (Å²) in [4.78, 5) is 10.9. The second-order valence-corrected chi connectivity index (χ2v) is 3.28. The van der Waals surface area contributed by atoms with Crippen LogP contribution in [0.1, 0.15) is 10.4 Å². The summed E-state index contributed by atoms with van der Waals surface area (Å²) in [6, 6.07) is 4.58. The molecule has 2 aromatic rings. The first-order valence-electron chi connectivity index (χ1n) is 4.79. The number of fused-ring (bicyclic) bond motifs is 1. The molecule has 1 N–H and O–H groups in total. The second-order valence-electron chi connectivity index (χ2n) is 3.28. The molecule has 6 heteroatoms. The number of aromatic nitrogens is 2. The average Bonchev–Trinajstić information content (AvgIpc) is 2.36. The lowest BCUT2D eigenvalue weighted by molar-refractivity contribution is 0.0697. The van der Waals surface area contributed by atoms with Crippen LogP contribution in [0.4, 0.5) is 0 Å². The fourth-order valence-electron chi connectivity index (χ4n) is 1.54. The smallest absolute Gasteiger partial charge is 0.335 e. The maximum absolute atomic E-state index is 10.9. The van der Waals surface area contributed by atoms with E-state index in [0.717, 1.165) is 0 Å². The van der Waals surface area contributed by atoms with Gasteiger partial charge in [0.1, 0.15) is 0 Å². The lowest BCUT2D eigenvalue weighted by Gasteiger charge is -2.07. The van der Waals surface area contributed by atoms with E-state index in [1.165, 1.54) is 26.4 Å². The summed E-state index contributed by atoms with van der Waals surface area (Å²) >= 11 is 0. The van der Waals surface area contributed by atoms with E-state index in [2.05, 4.69) is 10.2 Å². The summed E-state index contributed by atoms with van der Waals surface area (Å²) in [6.07, 6.45) is 0. The summed E-state index contributed by atoms with van der Waals surface area (Å²) < 4.78 is 10.1. The summed E-state index contributed by atoms with van der Waals surface area (Å²) in [5.41, 5.74) is 0.158. The van der Waals surface area contributed by atoms with E-state index < -0.39 is 5.97 Å². The van der Waals surface area contributed by atoms with Crippen LogP contribution in [0.5, 0.6) is 11.8 Å². The van der Waals surface area contributed by atoms with Crippen molar-refractivity contribution < 1.29 is 19.4 Å². The molecule has 0 atom stereocenters. The van der Waals surface area contributed by atoms with Crippen LogP contribution < -0.4 is 9.47 Å². The van der Waals surface area contributed by atoms with Crippen LogP contribution in [0.3, 0.4) is 0 Å². The Bertz CT molecular complexity index is 583. The van der Waals surface area contributed by atoms with Gasteiger partial charge in [-0.25, -0.2) is 4.79 Å². The van der Waals surface area contributed by atoms with Crippen LogP contribution >= 0.6 is 0 Å². The molecule has 1 heterocycles. The van der Waals surface area contributed by atoms with Gasteiger partial charge in [0.25, 0.3) is 0 Å². The molecule has 0 radical (unpaired) electrons. The van der Waals surface area contributed by atoms with Crippen LogP contribution in [-0.4, -0.2) is 35.5 Å². The van der Waals surface area contributed by atoms with Crippen LogP contribution in [0, 0.1) is 0 Å². The van der Waals surface area contributed by atoms with Gasteiger partial charge >= 0.3 is 5.97 Å². The van der Waals surface area contributed by atoms with Gasteiger partial charge in [-0.2, -0.15) is 0 Å². The lowest BCUT2D eigenvalue weighted by Crippen LogP contribution is -2.00. The Morgan fingerprint density at radius 2 is 1.71 bits per heavy atom. The zero-order valence-electron chi connectivity index (χ0n) is 9.30. The molecule has 6 nitrogen and oxygen atoms in total. The Morgan fingerprint density at radius 3 is 2.24 bits per heavy atom. The summed E-state index contributed by atoms with van der Waals surface area (Å²) in [5, 5.41) is 17.8. The quantitative estimate of drug-likeness (QED) is 0.863. The highest BCUT2D eigenvalue weighted by Gasteiger charge is 2.12. The fraction of sp³-hybridized carbons (Fsp3) is 0.182. The zero-order chi connectivity index (χ0) is 12.4. The third-order valence-electron chi connectivity index (χ3n) is 2.35. The Morgan fingerprint density at radius 1 is 1.12 bits per heavy atom. The van der Waals surface area contributed by atoms with E-state index in [1.807, 2.05) is 0 Å². The molecule has 2 rings (SSSR count). The highest BCUT2D eigenvalue weighted by atomic mass is 16.5. The predicted octanol–water partition coefficient (Wildman–Crippen LogP) is 1.35. The maximum Gasteiger partial charge on any atom is 0.335 e. The van der Waals surface area contributed by atoms with Crippen molar-refractivity contribution in [3.05, 3.63) is 23.8 Å². The van der Waals surface area contributed by atoms with Crippen molar-refractivity contribution in [3.63, 3.8) is 0 Å². The lowest BCUT2D eigenvalue weighted by atomic mass is 10.1. The first kappa shape index (κ1) is 11.1. The second kappa shape index (κ2) is 4.25. The third kappa shape index (κ3) is 1.84. The minimum atomic E-state index is -1.01. The topological polar surface area (TPSA) is 81.5 Å². The number of nitrogens with zero attached hydrogens (tertiary/aromatic N) is 2. The molecule has 0 aliphatic rings. The molecule has 0 bridgehead atoms. The first-order chi connectivity index (χ1) is 8.17. The number of carboxylic acids is 1. The van der Waals surface area contributed by atoms with Gasteiger partial charge < -0.3 is 14.6 Å². The Kier molecular flexibility index (Phi) is 2.78. The molecular weight excluding hydrogens is 224 g/mol. The van der Waals surface area contributed by atoms with Gasteiger partial charge in [-0.3, -0.25) is 0 Å². The van der Waals surface area contributed by atoms with E-state index in [4.69, 9.17) is 14.6 Å². The van der Waals surface area contributed by atoms with Crippen molar-refractivity contribution in [2.75, 3.05) is 14.2 Å². The van der Waals surface area contributed by atoms with Gasteiger partial charge in [0, 0.05) is 0 Å². The minimum Gasteiger partial charge on any atom is -0.479 e. The molecule has 0 saturated carbocycles. The minimum absolute atomic E-state index is 0.158. The zero-order valence-corrected chi connectivity index (χ0v) is 9.30. The molecule has 0 fully saturated rings. The van der Waals surface area contributed by atoms with E-state index in [0.29, 0.717) is 16.7 Å². The van der Waals surface area contributed by atoms with E-state index >= 15 is 0 Å².